The highest BCUT2D eigenvalue weighted by molar-refractivity contribution is 7.90. The number of benzene rings is 1. The molecule has 0 atom stereocenters. The van der Waals surface area contributed by atoms with E-state index in [0.717, 1.165) is 5.56 Å². The van der Waals surface area contributed by atoms with Gasteiger partial charge in [-0.3, -0.25) is 4.72 Å². The van der Waals surface area contributed by atoms with E-state index in [1.165, 1.54) is 4.31 Å². The number of rotatable bonds is 3. The van der Waals surface area contributed by atoms with Crippen LogP contribution in [0.25, 0.3) is 0 Å². The smallest absolute Gasteiger partial charge is 0.271 e. The topological polar surface area (TPSA) is 49.2 Å². The van der Waals surface area contributed by atoms with Crippen LogP contribution in [0.5, 0.6) is 0 Å². The third-order valence-corrected chi connectivity index (χ3v) is 3.55. The number of hydrogen-bond acceptors (Lipinski definition) is 2. The van der Waals surface area contributed by atoms with Crippen LogP contribution in [0.3, 0.4) is 0 Å². The van der Waals surface area contributed by atoms with Gasteiger partial charge < -0.3 is 0 Å². The molecule has 1 saturated heterocycles. The highest BCUT2D eigenvalue weighted by atomic mass is 32.2. The van der Waals surface area contributed by atoms with Crippen LogP contribution in [0.1, 0.15) is 5.56 Å². The fourth-order valence-corrected chi connectivity index (χ4v) is 2.32. The Labute approximate surface area is 83.7 Å². The van der Waals surface area contributed by atoms with Gasteiger partial charge in [0.15, 0.2) is 0 Å². The summed E-state index contributed by atoms with van der Waals surface area (Å²) in [6.07, 6.45) is 0. The van der Waals surface area contributed by atoms with E-state index >= 15 is 0 Å². The summed E-state index contributed by atoms with van der Waals surface area (Å²) in [7, 11) is -3.27. The zero-order chi connectivity index (χ0) is 10.2. The minimum absolute atomic E-state index is 0.622. The van der Waals surface area contributed by atoms with E-state index in [9.17, 15) is 8.42 Å². The van der Waals surface area contributed by atoms with Gasteiger partial charge in [0.2, 0.25) is 0 Å². The van der Waals surface area contributed by atoms with Gasteiger partial charge in [-0.1, -0.05) is 12.1 Å². The zero-order valence-corrected chi connectivity index (χ0v) is 8.71. The second-order valence-electron chi connectivity index (χ2n) is 3.38. The van der Waals surface area contributed by atoms with Crippen LogP contribution in [0, 0.1) is 6.92 Å². The lowest BCUT2D eigenvalue weighted by Crippen LogP contribution is -2.20. The minimum Gasteiger partial charge on any atom is -0.271 e. The quantitative estimate of drug-likeness (QED) is 0.759. The molecule has 0 aliphatic carbocycles. The van der Waals surface area contributed by atoms with E-state index < -0.39 is 10.2 Å². The summed E-state index contributed by atoms with van der Waals surface area (Å²) in [6, 6.07) is 7.31. The van der Waals surface area contributed by atoms with Gasteiger partial charge in [-0.05, 0) is 24.6 Å². The molecule has 0 radical (unpaired) electrons. The van der Waals surface area contributed by atoms with Crippen molar-refractivity contribution >= 4 is 15.9 Å². The molecule has 0 amide bonds. The molecule has 1 aliphatic heterocycles. The van der Waals surface area contributed by atoms with Crippen LogP contribution < -0.4 is 4.72 Å². The molecule has 14 heavy (non-hydrogen) atoms. The first-order chi connectivity index (χ1) is 6.58. The van der Waals surface area contributed by atoms with Crippen LogP contribution >= 0.6 is 0 Å². The van der Waals surface area contributed by atoms with E-state index in [2.05, 4.69) is 4.72 Å². The molecule has 1 aliphatic rings. The Balaban J connectivity index is 2.18. The van der Waals surface area contributed by atoms with Gasteiger partial charge in [-0.25, -0.2) is 0 Å². The van der Waals surface area contributed by atoms with Gasteiger partial charge in [-0.15, -0.1) is 0 Å². The Bertz CT molecular complexity index is 438. The first kappa shape index (κ1) is 9.48. The van der Waals surface area contributed by atoms with Crippen molar-refractivity contribution in [3.8, 4) is 0 Å². The van der Waals surface area contributed by atoms with Crippen molar-refractivity contribution in [2.75, 3.05) is 17.8 Å². The summed E-state index contributed by atoms with van der Waals surface area (Å²) >= 11 is 0. The molecule has 1 heterocycles. The number of nitrogens with zero attached hydrogens (tertiary/aromatic N) is 1. The highest BCUT2D eigenvalue weighted by Crippen LogP contribution is 2.17. The lowest BCUT2D eigenvalue weighted by molar-refractivity contribution is 0.569. The van der Waals surface area contributed by atoms with Gasteiger partial charge in [0, 0.05) is 13.1 Å². The number of anilines is 1. The van der Waals surface area contributed by atoms with Gasteiger partial charge in [0.05, 0.1) is 5.69 Å². The molecular formula is C9H12N2O2S. The van der Waals surface area contributed by atoms with E-state index in [0.29, 0.717) is 18.8 Å². The van der Waals surface area contributed by atoms with Gasteiger partial charge >= 0.3 is 10.2 Å². The second kappa shape index (κ2) is 3.25. The Morgan fingerprint density at radius 1 is 1.36 bits per heavy atom. The predicted molar refractivity (Wildman–Crippen MR) is 55.3 cm³/mol. The molecule has 1 N–H and O–H groups in total. The van der Waals surface area contributed by atoms with Crippen molar-refractivity contribution in [2.24, 2.45) is 0 Å². The summed E-state index contributed by atoms with van der Waals surface area (Å²) in [5, 5.41) is 0. The molecule has 1 aromatic carbocycles. The number of nitrogens with one attached hydrogen (secondary N) is 1. The summed E-state index contributed by atoms with van der Waals surface area (Å²) in [5.41, 5.74) is 1.66. The Hall–Kier alpha value is -1.07. The minimum atomic E-state index is -3.27. The first-order valence-corrected chi connectivity index (χ1v) is 5.86. The number of hydrogen-bond donors (Lipinski definition) is 1. The maximum atomic E-state index is 11.5. The van der Waals surface area contributed by atoms with E-state index in [4.69, 9.17) is 0 Å². The lowest BCUT2D eigenvalue weighted by atomic mass is 10.2. The Kier molecular flexibility index (Phi) is 2.20. The van der Waals surface area contributed by atoms with E-state index in [1.54, 1.807) is 12.1 Å². The molecule has 0 aromatic heterocycles. The normalized spacial score (nSPS) is 16.6. The average Bonchev–Trinajstić information content (AvgIpc) is 2.84. The van der Waals surface area contributed by atoms with Crippen molar-refractivity contribution in [3.05, 3.63) is 29.8 Å². The first-order valence-electron chi connectivity index (χ1n) is 4.42. The van der Waals surface area contributed by atoms with Gasteiger partial charge in [0.25, 0.3) is 0 Å². The molecule has 0 unspecified atom stereocenters. The van der Waals surface area contributed by atoms with Crippen molar-refractivity contribution in [1.29, 1.82) is 0 Å². The molecule has 2 rings (SSSR count). The fourth-order valence-electron chi connectivity index (χ4n) is 1.20. The van der Waals surface area contributed by atoms with Crippen molar-refractivity contribution in [1.82, 2.24) is 4.31 Å². The Morgan fingerprint density at radius 2 is 2.07 bits per heavy atom. The van der Waals surface area contributed by atoms with E-state index in [1.807, 2.05) is 19.1 Å². The third kappa shape index (κ3) is 2.05. The van der Waals surface area contributed by atoms with Crippen LogP contribution in [0.2, 0.25) is 0 Å². The molecule has 76 valence electrons. The summed E-state index contributed by atoms with van der Waals surface area (Å²) in [5.74, 6) is 0. The SMILES string of the molecule is Cc1cccc(NS(=O)(=O)N2CC2)c1. The molecule has 0 bridgehead atoms. The summed E-state index contributed by atoms with van der Waals surface area (Å²) in [4.78, 5) is 0. The van der Waals surface area contributed by atoms with Crippen molar-refractivity contribution in [2.45, 2.75) is 6.92 Å². The van der Waals surface area contributed by atoms with Crippen molar-refractivity contribution < 1.29 is 8.42 Å². The maximum Gasteiger partial charge on any atom is 0.301 e. The molecule has 0 saturated carbocycles. The standard InChI is InChI=1S/C9H12N2O2S/c1-8-3-2-4-9(7-8)10-14(12,13)11-5-6-11/h2-4,7,10H,5-6H2,1H3. The molecule has 0 spiro atoms. The van der Waals surface area contributed by atoms with Crippen LogP contribution in [0.4, 0.5) is 5.69 Å². The van der Waals surface area contributed by atoms with Crippen LogP contribution in [0.15, 0.2) is 24.3 Å². The van der Waals surface area contributed by atoms with Gasteiger partial charge in [0.1, 0.15) is 0 Å². The third-order valence-electron chi connectivity index (χ3n) is 2.01. The van der Waals surface area contributed by atoms with Crippen LogP contribution in [-0.2, 0) is 10.2 Å². The fraction of sp³-hybridized carbons (Fsp3) is 0.333. The lowest BCUT2D eigenvalue weighted by Gasteiger charge is -2.07. The summed E-state index contributed by atoms with van der Waals surface area (Å²) < 4.78 is 26.9. The van der Waals surface area contributed by atoms with Crippen molar-refractivity contribution in [3.63, 3.8) is 0 Å². The molecule has 4 nitrogen and oxygen atoms in total. The zero-order valence-electron chi connectivity index (χ0n) is 7.90. The van der Waals surface area contributed by atoms with Gasteiger partial charge in [-0.2, -0.15) is 12.7 Å². The molecular weight excluding hydrogens is 200 g/mol. The molecule has 5 heteroatoms. The second-order valence-corrected chi connectivity index (χ2v) is 5.05. The van der Waals surface area contributed by atoms with E-state index in [-0.39, 0.29) is 0 Å². The Morgan fingerprint density at radius 3 is 2.64 bits per heavy atom. The largest absolute Gasteiger partial charge is 0.301 e. The maximum absolute atomic E-state index is 11.5. The predicted octanol–water partition coefficient (Wildman–Crippen LogP) is 0.967. The number of aryl methyl sites for hydroxylation is 1. The summed E-state index contributed by atoms with van der Waals surface area (Å²) in [6.45, 7) is 3.18. The molecule has 1 aromatic rings. The average molecular weight is 212 g/mol. The monoisotopic (exact) mass is 212 g/mol. The molecule has 1 fully saturated rings. The van der Waals surface area contributed by atoms with Crippen LogP contribution in [-0.4, -0.2) is 25.8 Å². The highest BCUT2D eigenvalue weighted by Gasteiger charge is 2.31.